The van der Waals surface area contributed by atoms with Crippen molar-refractivity contribution in [1.82, 2.24) is 10.2 Å². The van der Waals surface area contributed by atoms with Crippen LogP contribution in [0, 0.1) is 0 Å². The fourth-order valence-corrected chi connectivity index (χ4v) is 4.81. The van der Waals surface area contributed by atoms with Crippen molar-refractivity contribution in [2.24, 2.45) is 0 Å². The summed E-state index contributed by atoms with van der Waals surface area (Å²) in [5.74, 6) is 0.763. The Morgan fingerprint density at radius 2 is 2.22 bits per heavy atom. The Morgan fingerprint density at radius 3 is 2.78 bits per heavy atom. The highest BCUT2D eigenvalue weighted by molar-refractivity contribution is 8.00. The molecule has 6 nitrogen and oxygen atoms in total. The summed E-state index contributed by atoms with van der Waals surface area (Å²) in [5, 5.41) is 2.64. The molecule has 2 fully saturated rings. The molecule has 0 spiro atoms. The van der Waals surface area contributed by atoms with E-state index >= 15 is 0 Å². The van der Waals surface area contributed by atoms with Gasteiger partial charge in [-0.3, -0.25) is 9.59 Å². The Labute approximate surface area is 110 Å². The van der Waals surface area contributed by atoms with Gasteiger partial charge in [0, 0.05) is 18.8 Å². The number of thioether (sulfide) groups is 1. The number of hydrogen-bond acceptors (Lipinski definition) is 5. The third-order valence-electron chi connectivity index (χ3n) is 3.25. The number of carbonyl (C=O) groups is 2. The smallest absolute Gasteiger partial charge is 0.246 e. The summed E-state index contributed by atoms with van der Waals surface area (Å²) >= 11 is 1.42. The molecule has 0 saturated carbocycles. The second-order valence-electron chi connectivity index (χ2n) is 4.64. The molecule has 2 amide bonds. The first-order valence-corrected chi connectivity index (χ1v) is 8.71. The molecular formula is C10H16N2O4S2. The summed E-state index contributed by atoms with van der Waals surface area (Å²) in [6.07, 6.45) is 0.485. The van der Waals surface area contributed by atoms with E-state index in [4.69, 9.17) is 0 Å². The van der Waals surface area contributed by atoms with E-state index in [2.05, 4.69) is 5.32 Å². The van der Waals surface area contributed by atoms with Crippen LogP contribution in [0.4, 0.5) is 0 Å². The lowest BCUT2D eigenvalue weighted by Gasteiger charge is -2.30. The van der Waals surface area contributed by atoms with E-state index in [1.165, 1.54) is 16.7 Å². The molecule has 1 N–H and O–H groups in total. The number of likely N-dealkylation sites (N-methyl/N-ethyl adjacent to an activating group) is 1. The molecule has 0 aliphatic carbocycles. The number of rotatable bonds is 2. The van der Waals surface area contributed by atoms with Gasteiger partial charge in [-0.1, -0.05) is 0 Å². The van der Waals surface area contributed by atoms with Gasteiger partial charge in [0.05, 0.1) is 17.3 Å². The highest BCUT2D eigenvalue weighted by atomic mass is 32.2. The Kier molecular flexibility index (Phi) is 3.86. The number of sulfone groups is 1. The van der Waals surface area contributed by atoms with Crippen molar-refractivity contribution >= 4 is 33.4 Å². The third-order valence-corrected chi connectivity index (χ3v) is 6.04. The van der Waals surface area contributed by atoms with Gasteiger partial charge in [0.1, 0.15) is 6.04 Å². The maximum atomic E-state index is 12.1. The van der Waals surface area contributed by atoms with E-state index < -0.39 is 15.9 Å². The standard InChI is InChI=1S/C10H16N2O4S2/c1-12(7-2-3-18(15,16)6-7)10(14)8-4-17-5-9(13)11-8/h7-8H,2-6H2,1H3,(H,11,13). The molecule has 2 saturated heterocycles. The number of nitrogens with zero attached hydrogens (tertiary/aromatic N) is 1. The van der Waals surface area contributed by atoms with Crippen molar-refractivity contribution in [3.8, 4) is 0 Å². The van der Waals surface area contributed by atoms with E-state index in [0.717, 1.165) is 0 Å². The van der Waals surface area contributed by atoms with Crippen LogP contribution >= 0.6 is 11.8 Å². The largest absolute Gasteiger partial charge is 0.343 e. The fourth-order valence-electron chi connectivity index (χ4n) is 2.19. The fraction of sp³-hybridized carbons (Fsp3) is 0.800. The van der Waals surface area contributed by atoms with Gasteiger partial charge in [0.15, 0.2) is 9.84 Å². The van der Waals surface area contributed by atoms with Gasteiger partial charge >= 0.3 is 0 Å². The summed E-state index contributed by atoms with van der Waals surface area (Å²) in [4.78, 5) is 24.8. The van der Waals surface area contributed by atoms with E-state index in [0.29, 0.717) is 17.9 Å². The van der Waals surface area contributed by atoms with Crippen LogP contribution in [0.3, 0.4) is 0 Å². The van der Waals surface area contributed by atoms with Gasteiger partial charge in [-0.05, 0) is 6.42 Å². The molecule has 8 heteroatoms. The highest BCUT2D eigenvalue weighted by Crippen LogP contribution is 2.18. The zero-order valence-corrected chi connectivity index (χ0v) is 11.7. The third kappa shape index (κ3) is 2.97. The topological polar surface area (TPSA) is 83.6 Å². The molecule has 0 aromatic rings. The first-order valence-electron chi connectivity index (χ1n) is 5.73. The second kappa shape index (κ2) is 5.08. The molecule has 2 aliphatic rings. The summed E-state index contributed by atoms with van der Waals surface area (Å²) in [7, 11) is -1.39. The predicted molar refractivity (Wildman–Crippen MR) is 69.1 cm³/mol. The van der Waals surface area contributed by atoms with Crippen LogP contribution in [0.25, 0.3) is 0 Å². The van der Waals surface area contributed by atoms with E-state index in [-0.39, 0.29) is 29.4 Å². The van der Waals surface area contributed by atoms with Crippen molar-refractivity contribution in [2.75, 3.05) is 30.1 Å². The van der Waals surface area contributed by atoms with Crippen LogP contribution in [0.2, 0.25) is 0 Å². The average Bonchev–Trinajstić information content (AvgIpc) is 2.68. The molecule has 0 radical (unpaired) electrons. The number of carbonyl (C=O) groups excluding carboxylic acids is 2. The zero-order chi connectivity index (χ0) is 13.3. The molecule has 2 heterocycles. The van der Waals surface area contributed by atoms with E-state index in [9.17, 15) is 18.0 Å². The van der Waals surface area contributed by atoms with Gasteiger partial charge in [0.2, 0.25) is 11.8 Å². The van der Waals surface area contributed by atoms with Gasteiger partial charge in [-0.2, -0.15) is 0 Å². The predicted octanol–water partition coefficient (Wildman–Crippen LogP) is -1.14. The normalized spacial score (nSPS) is 30.8. The van der Waals surface area contributed by atoms with Crippen molar-refractivity contribution in [1.29, 1.82) is 0 Å². The minimum absolute atomic E-state index is 0.0308. The van der Waals surface area contributed by atoms with Crippen molar-refractivity contribution in [2.45, 2.75) is 18.5 Å². The maximum Gasteiger partial charge on any atom is 0.246 e. The first kappa shape index (κ1) is 13.7. The monoisotopic (exact) mass is 292 g/mol. The van der Waals surface area contributed by atoms with Crippen molar-refractivity contribution in [3.05, 3.63) is 0 Å². The SMILES string of the molecule is CN(C(=O)C1CSCC(=O)N1)C1CCS(=O)(=O)C1. The molecule has 2 aliphatic heterocycles. The molecule has 102 valence electrons. The first-order chi connectivity index (χ1) is 8.39. The molecule has 0 aromatic carbocycles. The van der Waals surface area contributed by atoms with Crippen LogP contribution in [-0.4, -0.2) is 67.3 Å². The quantitative estimate of drug-likeness (QED) is 0.696. The number of nitrogens with one attached hydrogen (secondary N) is 1. The van der Waals surface area contributed by atoms with Crippen molar-refractivity contribution in [3.63, 3.8) is 0 Å². The Hall–Kier alpha value is -0.760. The number of hydrogen-bond donors (Lipinski definition) is 1. The second-order valence-corrected chi connectivity index (χ2v) is 7.90. The molecule has 18 heavy (non-hydrogen) atoms. The van der Waals surface area contributed by atoms with Crippen LogP contribution in [0.5, 0.6) is 0 Å². The maximum absolute atomic E-state index is 12.1. The van der Waals surface area contributed by atoms with Gasteiger partial charge in [-0.15, -0.1) is 11.8 Å². The zero-order valence-electron chi connectivity index (χ0n) is 10.1. The highest BCUT2D eigenvalue weighted by Gasteiger charge is 2.36. The molecule has 0 bridgehead atoms. The molecule has 2 atom stereocenters. The summed E-state index contributed by atoms with van der Waals surface area (Å²) in [6, 6.07) is -0.782. The Balaban J connectivity index is 1.98. The Morgan fingerprint density at radius 1 is 1.50 bits per heavy atom. The van der Waals surface area contributed by atoms with Gasteiger partial charge in [0.25, 0.3) is 0 Å². The molecule has 0 aromatic heterocycles. The van der Waals surface area contributed by atoms with E-state index in [1.807, 2.05) is 0 Å². The molecule has 2 unspecified atom stereocenters. The number of amides is 2. The lowest BCUT2D eigenvalue weighted by Crippen LogP contribution is -2.54. The minimum atomic E-state index is -3.00. The van der Waals surface area contributed by atoms with Crippen LogP contribution in [0.15, 0.2) is 0 Å². The summed E-state index contributed by atoms with van der Waals surface area (Å²) in [6.45, 7) is 0. The van der Waals surface area contributed by atoms with Crippen LogP contribution in [0.1, 0.15) is 6.42 Å². The lowest BCUT2D eigenvalue weighted by molar-refractivity contribution is -0.135. The lowest BCUT2D eigenvalue weighted by atomic mass is 10.2. The summed E-state index contributed by atoms with van der Waals surface area (Å²) in [5.41, 5.74) is 0. The molecular weight excluding hydrogens is 276 g/mol. The van der Waals surface area contributed by atoms with Crippen LogP contribution < -0.4 is 5.32 Å². The average molecular weight is 292 g/mol. The van der Waals surface area contributed by atoms with Gasteiger partial charge in [-0.25, -0.2) is 8.42 Å². The van der Waals surface area contributed by atoms with Crippen molar-refractivity contribution < 1.29 is 18.0 Å². The minimum Gasteiger partial charge on any atom is -0.343 e. The van der Waals surface area contributed by atoms with Gasteiger partial charge < -0.3 is 10.2 Å². The summed E-state index contributed by atoms with van der Waals surface area (Å²) < 4.78 is 22.8. The Bertz CT molecular complexity index is 462. The van der Waals surface area contributed by atoms with Crippen LogP contribution in [-0.2, 0) is 19.4 Å². The molecule has 2 rings (SSSR count). The van der Waals surface area contributed by atoms with E-state index in [1.54, 1.807) is 7.05 Å².